The van der Waals surface area contributed by atoms with Gasteiger partial charge in [0, 0.05) is 25.9 Å². The zero-order valence-electron chi connectivity index (χ0n) is 12.5. The van der Waals surface area contributed by atoms with E-state index in [1.165, 1.54) is 0 Å². The molecule has 0 amide bonds. The molecule has 1 spiro atoms. The Hall–Kier alpha value is -1.28. The van der Waals surface area contributed by atoms with Gasteiger partial charge in [0.2, 0.25) is 11.7 Å². The molecule has 4 rings (SSSR count). The van der Waals surface area contributed by atoms with Gasteiger partial charge in [-0.1, -0.05) is 11.2 Å². The van der Waals surface area contributed by atoms with Crippen molar-refractivity contribution in [3.05, 3.63) is 23.4 Å². The van der Waals surface area contributed by atoms with E-state index in [-0.39, 0.29) is 11.8 Å². The highest BCUT2D eigenvalue weighted by molar-refractivity contribution is 7.13. The first-order valence-electron chi connectivity index (χ1n) is 7.65. The fourth-order valence-corrected chi connectivity index (χ4v) is 3.75. The van der Waals surface area contributed by atoms with Gasteiger partial charge in [-0.05, 0) is 18.4 Å². The Labute approximate surface area is 133 Å². The topological polar surface area (TPSA) is 60.6 Å². The van der Waals surface area contributed by atoms with Gasteiger partial charge < -0.3 is 14.0 Å². The fourth-order valence-electron chi connectivity index (χ4n) is 3.10. The molecule has 1 atom stereocenters. The van der Waals surface area contributed by atoms with E-state index in [1.807, 2.05) is 17.5 Å². The highest BCUT2D eigenvalue weighted by Crippen LogP contribution is 2.34. The Morgan fingerprint density at radius 2 is 2.05 bits per heavy atom. The van der Waals surface area contributed by atoms with Crippen LogP contribution in [-0.4, -0.2) is 47.1 Å². The summed E-state index contributed by atoms with van der Waals surface area (Å²) >= 11 is 1.62. The molecule has 6 nitrogen and oxygen atoms in total. The Balaban J connectivity index is 1.43. The normalized spacial score (nSPS) is 23.1. The maximum absolute atomic E-state index is 5.77. The molecule has 0 N–H and O–H groups in total. The van der Waals surface area contributed by atoms with E-state index in [1.54, 1.807) is 11.3 Å². The number of piperidine rings is 1. The van der Waals surface area contributed by atoms with Crippen LogP contribution in [0.5, 0.6) is 0 Å². The SMILES string of the molecule is CC(c1nc(-c2cccs2)no1)N1CCC2(CC1)OCCO2. The third kappa shape index (κ3) is 2.58. The van der Waals surface area contributed by atoms with Gasteiger partial charge in [-0.25, -0.2) is 0 Å². The van der Waals surface area contributed by atoms with Crippen molar-refractivity contribution in [2.45, 2.75) is 31.6 Å². The van der Waals surface area contributed by atoms with Crippen LogP contribution in [0.2, 0.25) is 0 Å². The van der Waals surface area contributed by atoms with Gasteiger partial charge >= 0.3 is 0 Å². The van der Waals surface area contributed by atoms with E-state index in [2.05, 4.69) is 22.0 Å². The Morgan fingerprint density at radius 1 is 1.27 bits per heavy atom. The van der Waals surface area contributed by atoms with Gasteiger partial charge in [0.15, 0.2) is 5.79 Å². The summed E-state index contributed by atoms with van der Waals surface area (Å²) < 4.78 is 17.0. The average molecular weight is 321 g/mol. The maximum Gasteiger partial charge on any atom is 0.244 e. The molecule has 2 saturated heterocycles. The van der Waals surface area contributed by atoms with Crippen LogP contribution in [0.4, 0.5) is 0 Å². The minimum Gasteiger partial charge on any atom is -0.347 e. The first-order valence-corrected chi connectivity index (χ1v) is 8.53. The van der Waals surface area contributed by atoms with Crippen molar-refractivity contribution in [2.75, 3.05) is 26.3 Å². The molecule has 0 saturated carbocycles. The molecule has 2 fully saturated rings. The number of likely N-dealkylation sites (tertiary alicyclic amines) is 1. The lowest BCUT2D eigenvalue weighted by Crippen LogP contribution is -2.45. The minimum atomic E-state index is -0.340. The molecule has 0 radical (unpaired) electrons. The Morgan fingerprint density at radius 3 is 2.73 bits per heavy atom. The molecule has 118 valence electrons. The van der Waals surface area contributed by atoms with Crippen LogP contribution in [0.3, 0.4) is 0 Å². The summed E-state index contributed by atoms with van der Waals surface area (Å²) in [6, 6.07) is 4.11. The van der Waals surface area contributed by atoms with E-state index in [0.717, 1.165) is 30.8 Å². The predicted molar refractivity (Wildman–Crippen MR) is 81.5 cm³/mol. The summed E-state index contributed by atoms with van der Waals surface area (Å²) in [7, 11) is 0. The number of thiophene rings is 1. The van der Waals surface area contributed by atoms with E-state index < -0.39 is 0 Å². The molecule has 0 aliphatic carbocycles. The largest absolute Gasteiger partial charge is 0.347 e. The molecule has 2 aromatic heterocycles. The van der Waals surface area contributed by atoms with Crippen LogP contribution in [0.25, 0.3) is 10.7 Å². The molecule has 4 heterocycles. The van der Waals surface area contributed by atoms with Gasteiger partial charge in [-0.3, -0.25) is 4.90 Å². The number of ether oxygens (including phenoxy) is 2. The Kier molecular flexibility index (Phi) is 3.73. The lowest BCUT2D eigenvalue weighted by Gasteiger charge is -2.39. The van der Waals surface area contributed by atoms with E-state index in [4.69, 9.17) is 14.0 Å². The zero-order chi connectivity index (χ0) is 15.0. The molecular weight excluding hydrogens is 302 g/mol. The molecule has 2 aliphatic heterocycles. The maximum atomic E-state index is 5.77. The van der Waals surface area contributed by atoms with Crippen LogP contribution in [0.1, 0.15) is 31.7 Å². The lowest BCUT2D eigenvalue weighted by atomic mass is 10.0. The van der Waals surface area contributed by atoms with Crippen molar-refractivity contribution < 1.29 is 14.0 Å². The first kappa shape index (κ1) is 14.3. The monoisotopic (exact) mass is 321 g/mol. The molecule has 2 aliphatic rings. The third-order valence-corrected chi connectivity index (χ3v) is 5.33. The summed E-state index contributed by atoms with van der Waals surface area (Å²) in [4.78, 5) is 7.93. The van der Waals surface area contributed by atoms with Gasteiger partial charge in [0.25, 0.3) is 0 Å². The second-order valence-corrected chi connectivity index (χ2v) is 6.70. The summed E-state index contributed by atoms with van der Waals surface area (Å²) in [6.07, 6.45) is 1.78. The van der Waals surface area contributed by atoms with Gasteiger partial charge in [0.05, 0.1) is 24.1 Å². The lowest BCUT2D eigenvalue weighted by molar-refractivity contribution is -0.188. The molecule has 0 bridgehead atoms. The standard InChI is InChI=1S/C15H19N3O3S/c1-11(14-16-13(17-21-14)12-3-2-10-22-12)18-6-4-15(5-7-18)19-8-9-20-15/h2-3,10-11H,4-9H2,1H3. The van der Waals surface area contributed by atoms with Gasteiger partial charge in [0.1, 0.15) is 0 Å². The van der Waals surface area contributed by atoms with Crippen molar-refractivity contribution >= 4 is 11.3 Å². The highest BCUT2D eigenvalue weighted by atomic mass is 32.1. The molecule has 22 heavy (non-hydrogen) atoms. The van der Waals surface area contributed by atoms with Crippen LogP contribution in [-0.2, 0) is 9.47 Å². The average Bonchev–Trinajstić information content (AvgIpc) is 3.29. The number of hydrogen-bond donors (Lipinski definition) is 0. The fraction of sp³-hybridized carbons (Fsp3) is 0.600. The molecule has 2 aromatic rings. The quantitative estimate of drug-likeness (QED) is 0.866. The van der Waals surface area contributed by atoms with Gasteiger partial charge in [-0.2, -0.15) is 4.98 Å². The molecular formula is C15H19N3O3S. The van der Waals surface area contributed by atoms with Crippen molar-refractivity contribution in [3.63, 3.8) is 0 Å². The smallest absolute Gasteiger partial charge is 0.244 e. The summed E-state index contributed by atoms with van der Waals surface area (Å²) in [6.45, 7) is 5.36. The second kappa shape index (κ2) is 5.73. The van der Waals surface area contributed by atoms with E-state index >= 15 is 0 Å². The van der Waals surface area contributed by atoms with Gasteiger partial charge in [-0.15, -0.1) is 11.3 Å². The van der Waals surface area contributed by atoms with Crippen molar-refractivity contribution in [1.82, 2.24) is 15.0 Å². The van der Waals surface area contributed by atoms with Crippen LogP contribution >= 0.6 is 11.3 Å². The summed E-state index contributed by atoms with van der Waals surface area (Å²) in [5.41, 5.74) is 0. The number of rotatable bonds is 3. The molecule has 0 aromatic carbocycles. The predicted octanol–water partition coefficient (Wildman–Crippen LogP) is 2.70. The van der Waals surface area contributed by atoms with Crippen molar-refractivity contribution in [2.24, 2.45) is 0 Å². The summed E-state index contributed by atoms with van der Waals surface area (Å²) in [5.74, 6) is 1.01. The Bertz CT molecular complexity index is 612. The highest BCUT2D eigenvalue weighted by Gasteiger charge is 2.41. The van der Waals surface area contributed by atoms with E-state index in [9.17, 15) is 0 Å². The third-order valence-electron chi connectivity index (χ3n) is 4.46. The minimum absolute atomic E-state index is 0.111. The first-order chi connectivity index (χ1) is 10.8. The van der Waals surface area contributed by atoms with Crippen molar-refractivity contribution in [1.29, 1.82) is 0 Å². The van der Waals surface area contributed by atoms with Crippen molar-refractivity contribution in [3.8, 4) is 10.7 Å². The zero-order valence-corrected chi connectivity index (χ0v) is 13.3. The second-order valence-electron chi connectivity index (χ2n) is 5.75. The number of aromatic nitrogens is 2. The summed E-state index contributed by atoms with van der Waals surface area (Å²) in [5, 5.41) is 6.11. The number of hydrogen-bond acceptors (Lipinski definition) is 7. The van der Waals surface area contributed by atoms with E-state index in [0.29, 0.717) is 24.9 Å². The van der Waals surface area contributed by atoms with Crippen LogP contribution in [0.15, 0.2) is 22.0 Å². The van der Waals surface area contributed by atoms with Crippen LogP contribution in [0, 0.1) is 0 Å². The molecule has 7 heteroatoms. The molecule has 1 unspecified atom stereocenters. The van der Waals surface area contributed by atoms with Crippen LogP contribution < -0.4 is 0 Å². The number of nitrogens with zero attached hydrogens (tertiary/aromatic N) is 3.